The summed E-state index contributed by atoms with van der Waals surface area (Å²) in [6, 6.07) is 9.40. The number of likely N-dealkylation sites (tertiary alicyclic amines) is 1. The lowest BCUT2D eigenvalue weighted by Crippen LogP contribution is -2.46. The number of benzene rings is 1. The third-order valence-corrected chi connectivity index (χ3v) is 4.98. The van der Waals surface area contributed by atoms with Crippen molar-refractivity contribution in [3.63, 3.8) is 0 Å². The fourth-order valence-corrected chi connectivity index (χ4v) is 3.48. The summed E-state index contributed by atoms with van der Waals surface area (Å²) in [4.78, 5) is 31.0. The summed E-state index contributed by atoms with van der Waals surface area (Å²) in [6.07, 6.45) is 7.51. The van der Waals surface area contributed by atoms with Crippen LogP contribution < -0.4 is 5.32 Å². The number of hydrogen-bond donors (Lipinski definition) is 1. The van der Waals surface area contributed by atoms with Crippen molar-refractivity contribution in [2.24, 2.45) is 0 Å². The molecule has 6 nitrogen and oxygen atoms in total. The number of aryl methyl sites for hydroxylation is 1. The predicted molar refractivity (Wildman–Crippen MR) is 99.7 cm³/mol. The van der Waals surface area contributed by atoms with E-state index in [4.69, 9.17) is 0 Å². The number of hydrogen-bond acceptors (Lipinski definition) is 3. The van der Waals surface area contributed by atoms with Crippen molar-refractivity contribution in [1.82, 2.24) is 19.8 Å². The van der Waals surface area contributed by atoms with Gasteiger partial charge in [0.25, 0.3) is 5.91 Å². The Labute approximate surface area is 154 Å². The van der Waals surface area contributed by atoms with E-state index in [0.717, 1.165) is 38.1 Å². The summed E-state index contributed by atoms with van der Waals surface area (Å²) < 4.78 is 1.88. The van der Waals surface area contributed by atoms with Crippen molar-refractivity contribution in [3.8, 4) is 0 Å². The molecular formula is C20H26N4O2. The van der Waals surface area contributed by atoms with Crippen LogP contribution in [0.15, 0.2) is 42.7 Å². The minimum Gasteiger partial charge on any atom is -0.352 e. The Bertz CT molecular complexity index is 741. The van der Waals surface area contributed by atoms with Gasteiger partial charge in [0.1, 0.15) is 12.4 Å². The molecule has 3 rings (SSSR count). The molecule has 1 N–H and O–H groups in total. The fourth-order valence-electron chi connectivity index (χ4n) is 3.48. The third-order valence-electron chi connectivity index (χ3n) is 4.98. The second-order valence-electron chi connectivity index (χ2n) is 6.75. The van der Waals surface area contributed by atoms with Crippen molar-refractivity contribution < 1.29 is 9.59 Å². The summed E-state index contributed by atoms with van der Waals surface area (Å²) in [5.41, 5.74) is 0.666. The van der Waals surface area contributed by atoms with E-state index < -0.39 is 0 Å². The highest BCUT2D eigenvalue weighted by molar-refractivity contribution is 5.94. The highest BCUT2D eigenvalue weighted by Gasteiger charge is 2.26. The second-order valence-corrected chi connectivity index (χ2v) is 6.75. The van der Waals surface area contributed by atoms with E-state index in [-0.39, 0.29) is 17.9 Å². The van der Waals surface area contributed by atoms with Crippen LogP contribution in [0, 0.1) is 6.92 Å². The molecule has 1 saturated heterocycles. The van der Waals surface area contributed by atoms with Gasteiger partial charge in [-0.05, 0) is 44.7 Å². The lowest BCUT2D eigenvalue weighted by atomic mass is 9.99. The van der Waals surface area contributed by atoms with E-state index in [9.17, 15) is 9.59 Å². The molecule has 1 aliphatic heterocycles. The van der Waals surface area contributed by atoms with Crippen molar-refractivity contribution in [3.05, 3.63) is 54.1 Å². The fraction of sp³-hybridized carbons (Fsp3) is 0.450. The van der Waals surface area contributed by atoms with Crippen molar-refractivity contribution in [2.75, 3.05) is 13.1 Å². The number of aromatic nitrogens is 2. The minimum atomic E-state index is -0.0617. The van der Waals surface area contributed by atoms with E-state index >= 15 is 0 Å². The molecule has 26 heavy (non-hydrogen) atoms. The SMILES string of the molecule is Cc1nccn1CC(=O)N1CCCC[C@H]1CCNC(=O)c1ccccc1. The maximum Gasteiger partial charge on any atom is 0.251 e. The molecule has 2 heterocycles. The van der Waals surface area contributed by atoms with E-state index in [1.54, 1.807) is 18.3 Å². The highest BCUT2D eigenvalue weighted by Crippen LogP contribution is 2.20. The number of imidazole rings is 1. The molecule has 6 heteroatoms. The number of piperidine rings is 1. The molecule has 0 unspecified atom stereocenters. The normalized spacial score (nSPS) is 17.1. The van der Waals surface area contributed by atoms with Crippen LogP contribution in [0.4, 0.5) is 0 Å². The van der Waals surface area contributed by atoms with Crippen molar-refractivity contribution >= 4 is 11.8 Å². The third kappa shape index (κ3) is 4.50. The Morgan fingerprint density at radius 3 is 2.77 bits per heavy atom. The standard InChI is InChI=1S/C20H26N4O2/c1-16-21-12-14-23(16)15-19(25)24-13-6-5-9-18(24)10-11-22-20(26)17-7-3-2-4-8-17/h2-4,7-8,12,14,18H,5-6,9-11,13,15H2,1H3,(H,22,26)/t18-/m0/s1. The molecule has 0 radical (unpaired) electrons. The first-order valence-electron chi connectivity index (χ1n) is 9.25. The Morgan fingerprint density at radius 2 is 2.04 bits per heavy atom. The molecule has 1 fully saturated rings. The molecular weight excluding hydrogens is 328 g/mol. The number of nitrogens with one attached hydrogen (secondary N) is 1. The van der Waals surface area contributed by atoms with E-state index in [1.165, 1.54) is 0 Å². The molecule has 0 saturated carbocycles. The molecule has 2 amide bonds. The topological polar surface area (TPSA) is 67.2 Å². The largest absolute Gasteiger partial charge is 0.352 e. The number of carbonyl (C=O) groups is 2. The Kier molecular flexibility index (Phi) is 6.04. The minimum absolute atomic E-state index is 0.0617. The first-order valence-corrected chi connectivity index (χ1v) is 9.25. The van der Waals surface area contributed by atoms with Crippen LogP contribution in [-0.2, 0) is 11.3 Å². The van der Waals surface area contributed by atoms with Crippen LogP contribution in [0.5, 0.6) is 0 Å². The summed E-state index contributed by atoms with van der Waals surface area (Å²) >= 11 is 0. The van der Waals surface area contributed by atoms with Gasteiger partial charge in [0.15, 0.2) is 0 Å². The van der Waals surface area contributed by atoms with Crippen LogP contribution in [0.3, 0.4) is 0 Å². The van der Waals surface area contributed by atoms with Crippen LogP contribution in [-0.4, -0.2) is 45.4 Å². The quantitative estimate of drug-likeness (QED) is 0.866. The molecule has 0 bridgehead atoms. The zero-order valence-corrected chi connectivity index (χ0v) is 15.2. The lowest BCUT2D eigenvalue weighted by Gasteiger charge is -2.36. The zero-order chi connectivity index (χ0) is 18.4. The molecule has 0 spiro atoms. The van der Waals surface area contributed by atoms with Gasteiger partial charge < -0.3 is 14.8 Å². The number of rotatable bonds is 6. The summed E-state index contributed by atoms with van der Waals surface area (Å²) in [7, 11) is 0. The molecule has 2 aromatic rings. The van der Waals surface area contributed by atoms with Crippen molar-refractivity contribution in [1.29, 1.82) is 0 Å². The first kappa shape index (κ1) is 18.2. The Balaban J connectivity index is 1.53. The van der Waals surface area contributed by atoms with Gasteiger partial charge in [0, 0.05) is 37.1 Å². The van der Waals surface area contributed by atoms with Gasteiger partial charge in [0.2, 0.25) is 5.91 Å². The Morgan fingerprint density at radius 1 is 1.23 bits per heavy atom. The summed E-state index contributed by atoms with van der Waals surface area (Å²) in [5, 5.41) is 2.97. The Hall–Kier alpha value is -2.63. The van der Waals surface area contributed by atoms with Gasteiger partial charge >= 0.3 is 0 Å². The smallest absolute Gasteiger partial charge is 0.251 e. The van der Waals surface area contributed by atoms with Gasteiger partial charge in [-0.2, -0.15) is 0 Å². The van der Waals surface area contributed by atoms with Crippen LogP contribution in [0.2, 0.25) is 0 Å². The maximum atomic E-state index is 12.7. The van der Waals surface area contributed by atoms with E-state index in [0.29, 0.717) is 18.7 Å². The molecule has 1 aliphatic rings. The van der Waals surface area contributed by atoms with Gasteiger partial charge in [-0.1, -0.05) is 18.2 Å². The van der Waals surface area contributed by atoms with E-state index in [2.05, 4.69) is 10.3 Å². The lowest BCUT2D eigenvalue weighted by molar-refractivity contribution is -0.135. The first-order chi connectivity index (χ1) is 12.6. The zero-order valence-electron chi connectivity index (χ0n) is 15.2. The summed E-state index contributed by atoms with van der Waals surface area (Å²) in [5.74, 6) is 0.917. The van der Waals surface area contributed by atoms with E-state index in [1.807, 2.05) is 40.8 Å². The monoisotopic (exact) mass is 354 g/mol. The average Bonchev–Trinajstić information content (AvgIpc) is 3.07. The van der Waals surface area contributed by atoms with Gasteiger partial charge in [-0.25, -0.2) is 4.98 Å². The summed E-state index contributed by atoms with van der Waals surface area (Å²) in [6.45, 7) is 3.61. The van der Waals surface area contributed by atoms with Crippen LogP contribution in [0.1, 0.15) is 41.9 Å². The molecule has 138 valence electrons. The molecule has 1 atom stereocenters. The highest BCUT2D eigenvalue weighted by atomic mass is 16.2. The number of nitrogens with zero attached hydrogens (tertiary/aromatic N) is 3. The number of carbonyl (C=O) groups excluding carboxylic acids is 2. The maximum absolute atomic E-state index is 12.7. The van der Waals surface area contributed by atoms with Crippen LogP contribution in [0.25, 0.3) is 0 Å². The molecule has 0 aliphatic carbocycles. The molecule has 1 aromatic heterocycles. The van der Waals surface area contributed by atoms with Crippen molar-refractivity contribution in [2.45, 2.75) is 45.2 Å². The van der Waals surface area contributed by atoms with Gasteiger partial charge in [-0.15, -0.1) is 0 Å². The second kappa shape index (κ2) is 8.65. The van der Waals surface area contributed by atoms with Crippen LogP contribution >= 0.6 is 0 Å². The average molecular weight is 354 g/mol. The number of amides is 2. The van der Waals surface area contributed by atoms with Gasteiger partial charge in [-0.3, -0.25) is 9.59 Å². The predicted octanol–water partition coefficient (Wildman–Crippen LogP) is 2.39. The molecule has 1 aromatic carbocycles. The van der Waals surface area contributed by atoms with Gasteiger partial charge in [0.05, 0.1) is 0 Å².